The molecule has 0 radical (unpaired) electrons. The first-order valence-corrected chi connectivity index (χ1v) is 6.54. The summed E-state index contributed by atoms with van der Waals surface area (Å²) >= 11 is 1.60. The normalized spacial score (nSPS) is 10.3. The summed E-state index contributed by atoms with van der Waals surface area (Å²) in [5.41, 5.74) is 2.07. The molecule has 0 atom stereocenters. The van der Waals surface area contributed by atoms with E-state index < -0.39 is 0 Å². The van der Waals surface area contributed by atoms with Gasteiger partial charge in [-0.2, -0.15) is 0 Å². The van der Waals surface area contributed by atoms with Crippen LogP contribution in [0.25, 0.3) is 10.1 Å². The van der Waals surface area contributed by atoms with E-state index in [9.17, 15) is 4.79 Å². The molecule has 0 aliphatic heterocycles. The number of hydrogen-bond donors (Lipinski definition) is 1. The Morgan fingerprint density at radius 2 is 2.20 bits per heavy atom. The molecule has 5 nitrogen and oxygen atoms in total. The number of carbonyl (C=O) groups excluding carboxylic acids is 1. The number of benzene rings is 1. The maximum Gasteiger partial charge on any atom is 0.215 e. The molecule has 7 heteroatoms. The molecule has 0 aliphatic rings. The van der Waals surface area contributed by atoms with Gasteiger partial charge in [-0.15, -0.1) is 29.1 Å². The Hall–Kier alpha value is -1.52. The van der Waals surface area contributed by atoms with Gasteiger partial charge in [-0.25, -0.2) is 16.0 Å². The average molecular weight is 456 g/mol. The zero-order chi connectivity index (χ0) is 13.4. The first-order chi connectivity index (χ1) is 9.16. The number of nitrogens with zero attached hydrogens (tertiary/aromatic N) is 2. The molecule has 2 heterocycles. The van der Waals surface area contributed by atoms with Crippen LogP contribution in [0.1, 0.15) is 21.6 Å². The Kier molecular flexibility index (Phi) is 4.35. The van der Waals surface area contributed by atoms with E-state index in [0.717, 1.165) is 15.6 Å². The Bertz CT molecular complexity index is 766. The maximum absolute atomic E-state index is 12.2. The molecular formula is C13H10N3O2SW-. The molecule has 0 fully saturated rings. The van der Waals surface area contributed by atoms with Crippen molar-refractivity contribution in [2.75, 3.05) is 5.32 Å². The van der Waals surface area contributed by atoms with Gasteiger partial charge in [-0.05, 0) is 17.6 Å². The van der Waals surface area contributed by atoms with Crippen LogP contribution in [-0.4, -0.2) is 16.2 Å². The van der Waals surface area contributed by atoms with Crippen molar-refractivity contribution in [1.82, 2.24) is 10.3 Å². The van der Waals surface area contributed by atoms with Crippen LogP contribution in [0, 0.1) is 19.9 Å². The third-order valence-electron chi connectivity index (χ3n) is 2.91. The summed E-state index contributed by atoms with van der Waals surface area (Å²) < 4.78 is 5.62. The fourth-order valence-corrected chi connectivity index (χ4v) is 2.73. The van der Waals surface area contributed by atoms with Crippen molar-refractivity contribution < 1.29 is 30.5 Å². The van der Waals surface area contributed by atoms with Crippen molar-refractivity contribution in [3.05, 3.63) is 40.4 Å². The Labute approximate surface area is 133 Å². The number of amides is 1. The molecule has 0 spiro atoms. The van der Waals surface area contributed by atoms with Gasteiger partial charge in [0.25, 0.3) is 0 Å². The standard InChI is InChI=1S/C13H10N3O2S.W/c1-7-10(4-3-9-5-6-19-11(7)9)13(17)14-12-8(2)15-18-16-12;/h4-6H,1-2H3,(H,14,16,17);/q-1;. The SMILES string of the molecule is Cc1nonc1NC(=O)c1c[c-]c2ccsc2c1C.[W]. The number of hydrogen-bond acceptors (Lipinski definition) is 5. The van der Waals surface area contributed by atoms with E-state index in [1.807, 2.05) is 18.4 Å². The summed E-state index contributed by atoms with van der Waals surface area (Å²) in [6, 6.07) is 6.79. The molecule has 0 unspecified atom stereocenters. The van der Waals surface area contributed by atoms with Crippen LogP contribution in [0.5, 0.6) is 0 Å². The van der Waals surface area contributed by atoms with Crippen LogP contribution in [0.15, 0.2) is 22.1 Å². The van der Waals surface area contributed by atoms with E-state index in [4.69, 9.17) is 0 Å². The number of thiophene rings is 1. The zero-order valence-electron chi connectivity index (χ0n) is 10.8. The number of fused-ring (bicyclic) bond motifs is 1. The third kappa shape index (κ3) is 2.53. The smallest absolute Gasteiger partial charge is 0.215 e. The molecule has 1 N–H and O–H groups in total. The molecular weight excluding hydrogens is 446 g/mol. The molecule has 2 aromatic heterocycles. The molecule has 3 rings (SSSR count). The van der Waals surface area contributed by atoms with E-state index in [0.29, 0.717) is 17.1 Å². The van der Waals surface area contributed by atoms with Crippen LogP contribution in [0.3, 0.4) is 0 Å². The van der Waals surface area contributed by atoms with Crippen LogP contribution in [-0.2, 0) is 21.1 Å². The predicted octanol–water partition coefficient (Wildman–Crippen LogP) is 2.95. The van der Waals surface area contributed by atoms with Gasteiger partial charge in [0.05, 0.1) is 0 Å². The summed E-state index contributed by atoms with van der Waals surface area (Å²) in [5, 5.41) is 13.0. The van der Waals surface area contributed by atoms with Gasteiger partial charge in [0.2, 0.25) is 5.91 Å². The Morgan fingerprint density at radius 1 is 1.40 bits per heavy atom. The van der Waals surface area contributed by atoms with E-state index in [-0.39, 0.29) is 27.0 Å². The molecule has 20 heavy (non-hydrogen) atoms. The van der Waals surface area contributed by atoms with Crippen LogP contribution >= 0.6 is 11.3 Å². The topological polar surface area (TPSA) is 68.0 Å². The van der Waals surface area contributed by atoms with Crippen molar-refractivity contribution >= 4 is 33.1 Å². The second kappa shape index (κ2) is 5.85. The molecule has 0 aliphatic carbocycles. The van der Waals surface area contributed by atoms with E-state index in [1.165, 1.54) is 0 Å². The van der Waals surface area contributed by atoms with E-state index in [1.54, 1.807) is 24.3 Å². The zero-order valence-corrected chi connectivity index (χ0v) is 14.5. The summed E-state index contributed by atoms with van der Waals surface area (Å²) in [4.78, 5) is 12.2. The van der Waals surface area contributed by atoms with Crippen LogP contribution < -0.4 is 5.32 Å². The fourth-order valence-electron chi connectivity index (χ4n) is 1.85. The number of nitrogens with one attached hydrogen (secondary N) is 1. The first kappa shape index (κ1) is 14.9. The number of anilines is 1. The van der Waals surface area contributed by atoms with Gasteiger partial charge in [0.15, 0.2) is 5.82 Å². The second-order valence-corrected chi connectivity index (χ2v) is 5.06. The van der Waals surface area contributed by atoms with Crippen molar-refractivity contribution in [1.29, 1.82) is 0 Å². The van der Waals surface area contributed by atoms with Crippen LogP contribution in [0.4, 0.5) is 5.82 Å². The molecule has 0 saturated heterocycles. The van der Waals surface area contributed by atoms with Gasteiger partial charge < -0.3 is 5.32 Å². The minimum absolute atomic E-state index is 0. The molecule has 0 saturated carbocycles. The first-order valence-electron chi connectivity index (χ1n) is 5.66. The number of rotatable bonds is 2. The fraction of sp³-hybridized carbons (Fsp3) is 0.154. The van der Waals surface area contributed by atoms with Gasteiger partial charge >= 0.3 is 0 Å². The van der Waals surface area contributed by atoms with Crippen molar-refractivity contribution in [3.63, 3.8) is 0 Å². The second-order valence-electron chi connectivity index (χ2n) is 4.14. The molecule has 1 amide bonds. The number of aryl methyl sites for hydroxylation is 2. The Balaban J connectivity index is 0.00000147. The average Bonchev–Trinajstić information content (AvgIpc) is 3.00. The third-order valence-corrected chi connectivity index (χ3v) is 3.94. The van der Waals surface area contributed by atoms with Gasteiger partial charge in [0.1, 0.15) is 5.69 Å². The number of carbonyl (C=O) groups is 1. The quantitative estimate of drug-likeness (QED) is 0.603. The summed E-state index contributed by atoms with van der Waals surface area (Å²) in [7, 11) is 0. The Morgan fingerprint density at radius 3 is 2.90 bits per heavy atom. The van der Waals surface area contributed by atoms with E-state index in [2.05, 4.69) is 26.3 Å². The number of aromatic nitrogens is 2. The van der Waals surface area contributed by atoms with Crippen molar-refractivity contribution in [2.45, 2.75) is 13.8 Å². The van der Waals surface area contributed by atoms with Crippen LogP contribution in [0.2, 0.25) is 0 Å². The summed E-state index contributed by atoms with van der Waals surface area (Å²) in [6.07, 6.45) is 0. The summed E-state index contributed by atoms with van der Waals surface area (Å²) in [5.74, 6) is 0.110. The summed E-state index contributed by atoms with van der Waals surface area (Å²) in [6.45, 7) is 3.64. The minimum atomic E-state index is -0.233. The molecule has 3 aromatic rings. The largest absolute Gasteiger partial charge is 0.310 e. The van der Waals surface area contributed by atoms with Gasteiger partial charge in [0, 0.05) is 21.1 Å². The van der Waals surface area contributed by atoms with Crippen molar-refractivity contribution in [2.24, 2.45) is 0 Å². The maximum atomic E-state index is 12.2. The molecule has 1 aromatic carbocycles. The van der Waals surface area contributed by atoms with Crippen molar-refractivity contribution in [3.8, 4) is 0 Å². The minimum Gasteiger partial charge on any atom is -0.310 e. The predicted molar refractivity (Wildman–Crippen MR) is 72.4 cm³/mol. The van der Waals surface area contributed by atoms with Gasteiger partial charge in [-0.1, -0.05) is 22.2 Å². The molecule has 102 valence electrons. The van der Waals surface area contributed by atoms with E-state index >= 15 is 0 Å². The van der Waals surface area contributed by atoms with Gasteiger partial charge in [-0.3, -0.25) is 4.79 Å². The molecule has 0 bridgehead atoms. The monoisotopic (exact) mass is 456 g/mol.